The average Bonchev–Trinajstić information content (AvgIpc) is 3.13. The molecule has 1 N–H and O–H groups in total. The van der Waals surface area contributed by atoms with Gasteiger partial charge in [-0.15, -0.1) is 0 Å². The zero-order chi connectivity index (χ0) is 17.6. The summed E-state index contributed by atoms with van der Waals surface area (Å²) in [5.74, 6) is -0.447. The summed E-state index contributed by atoms with van der Waals surface area (Å²) < 4.78 is 10.1. The number of hydrogen-bond acceptors (Lipinski definition) is 6. The fourth-order valence-corrected chi connectivity index (χ4v) is 2.16. The summed E-state index contributed by atoms with van der Waals surface area (Å²) in [6, 6.07) is 11.6. The lowest BCUT2D eigenvalue weighted by Crippen LogP contribution is -2.13. The highest BCUT2D eigenvalue weighted by atomic mass is 16.5. The molecule has 1 amide bonds. The third-order valence-electron chi connectivity index (χ3n) is 3.32. The molecule has 0 radical (unpaired) electrons. The number of nitrogens with one attached hydrogen (secondary N) is 1. The van der Waals surface area contributed by atoms with Crippen molar-refractivity contribution in [3.05, 3.63) is 66.1 Å². The molecular formula is C18H15N3O4. The fourth-order valence-electron chi connectivity index (χ4n) is 2.16. The van der Waals surface area contributed by atoms with Crippen molar-refractivity contribution in [2.45, 2.75) is 6.92 Å². The number of aromatic nitrogens is 2. The summed E-state index contributed by atoms with van der Waals surface area (Å²) in [6.07, 6.45) is 3.26. The molecule has 2 heterocycles. The summed E-state index contributed by atoms with van der Waals surface area (Å²) in [7, 11) is 0. The minimum absolute atomic E-state index is 0.125. The largest absolute Gasteiger partial charge is 0.462 e. The van der Waals surface area contributed by atoms with Crippen LogP contribution < -0.4 is 5.32 Å². The predicted octanol–water partition coefficient (Wildman–Crippen LogP) is 3.17. The number of benzene rings is 1. The van der Waals surface area contributed by atoms with E-state index in [2.05, 4.69) is 15.5 Å². The van der Waals surface area contributed by atoms with Crippen LogP contribution in [0.4, 0.5) is 5.69 Å². The summed E-state index contributed by atoms with van der Waals surface area (Å²) in [4.78, 5) is 28.0. The fraction of sp³-hybridized carbons (Fsp3) is 0.111. The van der Waals surface area contributed by atoms with Gasteiger partial charge in [-0.25, -0.2) is 4.79 Å². The predicted molar refractivity (Wildman–Crippen MR) is 90.1 cm³/mol. The highest BCUT2D eigenvalue weighted by molar-refractivity contribution is 6.04. The Hall–Kier alpha value is -3.48. The third-order valence-corrected chi connectivity index (χ3v) is 3.32. The average molecular weight is 337 g/mol. The lowest BCUT2D eigenvalue weighted by Gasteiger charge is -2.05. The number of carbonyl (C=O) groups is 2. The molecule has 7 nitrogen and oxygen atoms in total. The van der Waals surface area contributed by atoms with Crippen molar-refractivity contribution in [3.63, 3.8) is 0 Å². The Kier molecular flexibility index (Phi) is 4.84. The Morgan fingerprint density at radius 3 is 2.84 bits per heavy atom. The number of amides is 1. The Balaban J connectivity index is 1.74. The van der Waals surface area contributed by atoms with Gasteiger partial charge < -0.3 is 14.6 Å². The summed E-state index contributed by atoms with van der Waals surface area (Å²) in [5, 5.41) is 6.44. The maximum absolute atomic E-state index is 12.3. The monoisotopic (exact) mass is 337 g/mol. The van der Waals surface area contributed by atoms with Gasteiger partial charge in [0.1, 0.15) is 0 Å². The van der Waals surface area contributed by atoms with Gasteiger partial charge in [0.15, 0.2) is 11.5 Å². The SMILES string of the molecule is CCOC(=O)c1cccc(NC(=O)c2cc(-c3cccnc3)on2)c1. The lowest BCUT2D eigenvalue weighted by molar-refractivity contribution is 0.0526. The number of pyridine rings is 1. The number of ether oxygens (including phenoxy) is 1. The number of rotatable bonds is 5. The third kappa shape index (κ3) is 3.89. The van der Waals surface area contributed by atoms with Gasteiger partial charge in [0.2, 0.25) is 0 Å². The van der Waals surface area contributed by atoms with Crippen molar-refractivity contribution < 1.29 is 18.8 Å². The highest BCUT2D eigenvalue weighted by Crippen LogP contribution is 2.20. The van der Waals surface area contributed by atoms with Gasteiger partial charge in [-0.1, -0.05) is 11.2 Å². The number of hydrogen-bond donors (Lipinski definition) is 1. The molecule has 0 fully saturated rings. The zero-order valence-electron chi connectivity index (χ0n) is 13.4. The van der Waals surface area contributed by atoms with Crippen LogP contribution in [0.15, 0.2) is 59.4 Å². The molecule has 0 atom stereocenters. The minimum Gasteiger partial charge on any atom is -0.462 e. The molecule has 0 unspecified atom stereocenters. The molecule has 0 aliphatic heterocycles. The van der Waals surface area contributed by atoms with Crippen LogP contribution in [-0.4, -0.2) is 28.6 Å². The molecule has 0 aliphatic carbocycles. The van der Waals surface area contributed by atoms with Gasteiger partial charge in [-0.3, -0.25) is 9.78 Å². The molecule has 0 saturated carbocycles. The first kappa shape index (κ1) is 16.4. The van der Waals surface area contributed by atoms with E-state index in [1.165, 1.54) is 12.1 Å². The van der Waals surface area contributed by atoms with Gasteiger partial charge in [0.05, 0.1) is 12.2 Å². The molecule has 3 aromatic rings. The molecule has 1 aromatic carbocycles. The van der Waals surface area contributed by atoms with Crippen molar-refractivity contribution in [2.75, 3.05) is 11.9 Å². The summed E-state index contributed by atoms with van der Waals surface area (Å²) >= 11 is 0. The van der Waals surface area contributed by atoms with E-state index < -0.39 is 11.9 Å². The number of carbonyl (C=O) groups excluding carboxylic acids is 2. The topological polar surface area (TPSA) is 94.3 Å². The molecule has 0 bridgehead atoms. The normalized spacial score (nSPS) is 10.3. The molecular weight excluding hydrogens is 322 g/mol. The van der Waals surface area contributed by atoms with Crippen molar-refractivity contribution in [1.29, 1.82) is 0 Å². The van der Waals surface area contributed by atoms with Crippen LogP contribution in [0.3, 0.4) is 0 Å². The van der Waals surface area contributed by atoms with Crippen LogP contribution in [0.5, 0.6) is 0 Å². The molecule has 126 valence electrons. The second-order valence-electron chi connectivity index (χ2n) is 5.07. The van der Waals surface area contributed by atoms with Crippen LogP contribution in [0.2, 0.25) is 0 Å². The van der Waals surface area contributed by atoms with E-state index in [9.17, 15) is 9.59 Å². The van der Waals surface area contributed by atoms with Crippen LogP contribution in [0.1, 0.15) is 27.8 Å². The van der Waals surface area contributed by atoms with E-state index in [0.717, 1.165) is 5.56 Å². The van der Waals surface area contributed by atoms with E-state index in [1.807, 2.05) is 0 Å². The van der Waals surface area contributed by atoms with E-state index in [4.69, 9.17) is 9.26 Å². The van der Waals surface area contributed by atoms with Gasteiger partial charge in [0.25, 0.3) is 5.91 Å². The number of anilines is 1. The van der Waals surface area contributed by atoms with Crippen molar-refractivity contribution in [3.8, 4) is 11.3 Å². The standard InChI is InChI=1S/C18H15N3O4/c1-2-24-18(23)12-5-3-7-14(9-12)20-17(22)15-10-16(25-21-15)13-6-4-8-19-11-13/h3-11H,2H2,1H3,(H,20,22). The van der Waals surface area contributed by atoms with Gasteiger partial charge in [0, 0.05) is 29.7 Å². The van der Waals surface area contributed by atoms with E-state index >= 15 is 0 Å². The number of nitrogens with zero attached hydrogens (tertiary/aromatic N) is 2. The Morgan fingerprint density at radius 2 is 2.08 bits per heavy atom. The smallest absolute Gasteiger partial charge is 0.338 e. The minimum atomic E-state index is -0.445. The summed E-state index contributed by atoms with van der Waals surface area (Å²) in [6.45, 7) is 2.01. The molecule has 0 saturated heterocycles. The van der Waals surface area contributed by atoms with E-state index in [-0.39, 0.29) is 12.3 Å². The Bertz CT molecular complexity index is 890. The second kappa shape index (κ2) is 7.39. The molecule has 7 heteroatoms. The molecule has 25 heavy (non-hydrogen) atoms. The molecule has 3 rings (SSSR count). The number of esters is 1. The Labute approximate surface area is 143 Å². The lowest BCUT2D eigenvalue weighted by atomic mass is 10.2. The van der Waals surface area contributed by atoms with Gasteiger partial charge in [-0.2, -0.15) is 0 Å². The second-order valence-corrected chi connectivity index (χ2v) is 5.07. The maximum Gasteiger partial charge on any atom is 0.338 e. The molecule has 0 spiro atoms. The maximum atomic E-state index is 12.3. The van der Waals surface area contributed by atoms with Crippen molar-refractivity contribution >= 4 is 17.6 Å². The van der Waals surface area contributed by atoms with E-state index in [0.29, 0.717) is 17.0 Å². The zero-order valence-corrected chi connectivity index (χ0v) is 13.4. The first-order valence-corrected chi connectivity index (χ1v) is 7.63. The first-order valence-electron chi connectivity index (χ1n) is 7.63. The van der Waals surface area contributed by atoms with Crippen molar-refractivity contribution in [1.82, 2.24) is 10.1 Å². The summed E-state index contributed by atoms with van der Waals surface area (Å²) in [5.41, 5.74) is 1.66. The van der Waals surface area contributed by atoms with Crippen molar-refractivity contribution in [2.24, 2.45) is 0 Å². The van der Waals surface area contributed by atoms with Crippen LogP contribution in [0.25, 0.3) is 11.3 Å². The van der Waals surface area contributed by atoms with Gasteiger partial charge >= 0.3 is 5.97 Å². The molecule has 0 aliphatic rings. The first-order chi connectivity index (χ1) is 12.2. The highest BCUT2D eigenvalue weighted by Gasteiger charge is 2.15. The van der Waals surface area contributed by atoms with Gasteiger partial charge in [-0.05, 0) is 37.3 Å². The van der Waals surface area contributed by atoms with Crippen LogP contribution >= 0.6 is 0 Å². The van der Waals surface area contributed by atoms with Crippen LogP contribution in [-0.2, 0) is 4.74 Å². The van der Waals surface area contributed by atoms with E-state index in [1.54, 1.807) is 49.6 Å². The van der Waals surface area contributed by atoms with Crippen LogP contribution in [0, 0.1) is 0 Å². The molecule has 2 aromatic heterocycles. The quantitative estimate of drug-likeness (QED) is 0.719. The Morgan fingerprint density at radius 1 is 1.20 bits per heavy atom.